The Hall–Kier alpha value is -1.24. The summed E-state index contributed by atoms with van der Waals surface area (Å²) in [7, 11) is 1.40. The van der Waals surface area contributed by atoms with Crippen LogP contribution >= 0.6 is 11.8 Å². The highest BCUT2D eigenvalue weighted by Crippen LogP contribution is 2.25. The normalized spacial score (nSPS) is 22.1. The lowest BCUT2D eigenvalue weighted by Gasteiger charge is -2.27. The SMILES string of the molecule is COC(=O)C1CCC(NC(=O)CCSCC(N)=O)CC1. The highest BCUT2D eigenvalue weighted by Gasteiger charge is 2.27. The Balaban J connectivity index is 2.15. The van der Waals surface area contributed by atoms with Gasteiger partial charge >= 0.3 is 5.97 Å². The van der Waals surface area contributed by atoms with Crippen LogP contribution in [0.1, 0.15) is 32.1 Å². The molecule has 114 valence electrons. The van der Waals surface area contributed by atoms with Crippen LogP contribution in [-0.4, -0.2) is 42.4 Å². The van der Waals surface area contributed by atoms with Crippen LogP contribution in [0.4, 0.5) is 0 Å². The van der Waals surface area contributed by atoms with Gasteiger partial charge in [-0.25, -0.2) is 0 Å². The lowest BCUT2D eigenvalue weighted by atomic mass is 9.86. The number of hydrogen-bond acceptors (Lipinski definition) is 5. The maximum absolute atomic E-state index is 11.7. The molecule has 20 heavy (non-hydrogen) atoms. The van der Waals surface area contributed by atoms with E-state index in [1.807, 2.05) is 0 Å². The summed E-state index contributed by atoms with van der Waals surface area (Å²) in [4.78, 5) is 33.6. The van der Waals surface area contributed by atoms with Crippen LogP contribution in [0.15, 0.2) is 0 Å². The molecule has 1 aliphatic rings. The number of carbonyl (C=O) groups is 3. The zero-order chi connectivity index (χ0) is 15.0. The summed E-state index contributed by atoms with van der Waals surface area (Å²) in [6, 6.07) is 0.143. The molecule has 2 amide bonds. The van der Waals surface area contributed by atoms with Crippen LogP contribution in [0.25, 0.3) is 0 Å². The molecule has 0 aromatic rings. The fourth-order valence-electron chi connectivity index (χ4n) is 2.28. The molecule has 7 heteroatoms. The molecule has 0 heterocycles. The van der Waals surface area contributed by atoms with Gasteiger partial charge in [0.05, 0.1) is 18.8 Å². The lowest BCUT2D eigenvalue weighted by Crippen LogP contribution is -2.39. The number of hydrogen-bond donors (Lipinski definition) is 2. The van der Waals surface area contributed by atoms with Crippen molar-refractivity contribution in [2.75, 3.05) is 18.6 Å². The van der Waals surface area contributed by atoms with Crippen molar-refractivity contribution in [1.29, 1.82) is 0 Å². The quantitative estimate of drug-likeness (QED) is 0.525. The average molecular weight is 302 g/mol. The van der Waals surface area contributed by atoms with E-state index in [0.29, 0.717) is 12.2 Å². The van der Waals surface area contributed by atoms with Crippen molar-refractivity contribution in [3.63, 3.8) is 0 Å². The summed E-state index contributed by atoms with van der Waals surface area (Å²) in [6.07, 6.45) is 3.51. The predicted octanol–water partition coefficient (Wildman–Crippen LogP) is 0.443. The molecule has 0 spiro atoms. The van der Waals surface area contributed by atoms with Gasteiger partial charge in [0.1, 0.15) is 0 Å². The van der Waals surface area contributed by atoms with Crippen LogP contribution in [0.3, 0.4) is 0 Å². The molecular formula is C13H22N2O4S. The first-order valence-corrected chi connectivity index (χ1v) is 7.91. The molecule has 0 aromatic heterocycles. The molecule has 6 nitrogen and oxygen atoms in total. The Morgan fingerprint density at radius 2 is 1.90 bits per heavy atom. The molecule has 1 aliphatic carbocycles. The van der Waals surface area contributed by atoms with E-state index in [0.717, 1.165) is 25.7 Å². The van der Waals surface area contributed by atoms with E-state index in [1.165, 1.54) is 18.9 Å². The van der Waals surface area contributed by atoms with Crippen molar-refractivity contribution in [2.24, 2.45) is 11.7 Å². The number of primary amides is 1. The van der Waals surface area contributed by atoms with Gasteiger partial charge in [-0.3, -0.25) is 14.4 Å². The second-order valence-electron chi connectivity index (χ2n) is 4.91. The van der Waals surface area contributed by atoms with Gasteiger partial charge in [0.15, 0.2) is 0 Å². The van der Waals surface area contributed by atoms with Crippen molar-refractivity contribution in [2.45, 2.75) is 38.1 Å². The van der Waals surface area contributed by atoms with Gasteiger partial charge in [0.25, 0.3) is 0 Å². The van der Waals surface area contributed by atoms with E-state index in [-0.39, 0.29) is 35.5 Å². The van der Waals surface area contributed by atoms with Crippen molar-refractivity contribution >= 4 is 29.5 Å². The predicted molar refractivity (Wildman–Crippen MR) is 77.0 cm³/mol. The van der Waals surface area contributed by atoms with E-state index in [9.17, 15) is 14.4 Å². The minimum absolute atomic E-state index is 0.0107. The Morgan fingerprint density at radius 1 is 1.25 bits per heavy atom. The van der Waals surface area contributed by atoms with E-state index in [1.54, 1.807) is 0 Å². The van der Waals surface area contributed by atoms with Crippen LogP contribution in [0, 0.1) is 5.92 Å². The first-order valence-electron chi connectivity index (χ1n) is 6.76. The smallest absolute Gasteiger partial charge is 0.308 e. The van der Waals surface area contributed by atoms with Gasteiger partial charge in [0.2, 0.25) is 11.8 Å². The van der Waals surface area contributed by atoms with E-state index < -0.39 is 0 Å². The van der Waals surface area contributed by atoms with Gasteiger partial charge in [-0.15, -0.1) is 0 Å². The topological polar surface area (TPSA) is 98.5 Å². The lowest BCUT2D eigenvalue weighted by molar-refractivity contribution is -0.146. The van der Waals surface area contributed by atoms with Gasteiger partial charge in [-0.2, -0.15) is 11.8 Å². The van der Waals surface area contributed by atoms with E-state index in [2.05, 4.69) is 5.32 Å². The minimum atomic E-state index is -0.364. The fraction of sp³-hybridized carbons (Fsp3) is 0.769. The molecule has 0 aromatic carbocycles. The highest BCUT2D eigenvalue weighted by atomic mass is 32.2. The third-order valence-electron chi connectivity index (χ3n) is 3.34. The molecule has 1 rings (SSSR count). The second kappa shape index (κ2) is 8.84. The number of thioether (sulfide) groups is 1. The average Bonchev–Trinajstić information content (AvgIpc) is 2.43. The summed E-state index contributed by atoms with van der Waals surface area (Å²) < 4.78 is 4.72. The van der Waals surface area contributed by atoms with Crippen molar-refractivity contribution in [3.8, 4) is 0 Å². The number of carbonyl (C=O) groups excluding carboxylic acids is 3. The fourth-order valence-corrected chi connectivity index (χ4v) is 2.95. The standard InChI is InChI=1S/C13H22N2O4S/c1-19-13(18)9-2-4-10(5-3-9)15-12(17)6-7-20-8-11(14)16/h9-10H,2-8H2,1H3,(H2,14,16)(H,15,17). The Morgan fingerprint density at radius 3 is 2.45 bits per heavy atom. The monoisotopic (exact) mass is 302 g/mol. The summed E-state index contributed by atoms with van der Waals surface area (Å²) >= 11 is 1.36. The van der Waals surface area contributed by atoms with Crippen LogP contribution in [0.5, 0.6) is 0 Å². The Labute approximate surface area is 123 Å². The van der Waals surface area contributed by atoms with Gasteiger partial charge < -0.3 is 15.8 Å². The molecular weight excluding hydrogens is 280 g/mol. The Bertz CT molecular complexity index is 354. The number of ether oxygens (including phenoxy) is 1. The molecule has 0 aliphatic heterocycles. The molecule has 0 unspecified atom stereocenters. The van der Waals surface area contributed by atoms with Crippen LogP contribution in [0.2, 0.25) is 0 Å². The van der Waals surface area contributed by atoms with E-state index in [4.69, 9.17) is 10.5 Å². The number of nitrogens with one attached hydrogen (secondary N) is 1. The van der Waals surface area contributed by atoms with Gasteiger partial charge in [-0.1, -0.05) is 0 Å². The largest absolute Gasteiger partial charge is 0.469 e. The number of amides is 2. The minimum Gasteiger partial charge on any atom is -0.469 e. The number of methoxy groups -OCH3 is 1. The third-order valence-corrected chi connectivity index (χ3v) is 4.33. The molecule has 0 atom stereocenters. The number of rotatable bonds is 7. The first-order chi connectivity index (χ1) is 9.52. The van der Waals surface area contributed by atoms with Gasteiger partial charge in [0, 0.05) is 18.2 Å². The van der Waals surface area contributed by atoms with Crippen molar-refractivity contribution in [1.82, 2.24) is 5.32 Å². The summed E-state index contributed by atoms with van der Waals surface area (Å²) in [6.45, 7) is 0. The van der Waals surface area contributed by atoms with Crippen molar-refractivity contribution in [3.05, 3.63) is 0 Å². The molecule has 3 N–H and O–H groups in total. The second-order valence-corrected chi connectivity index (χ2v) is 6.01. The molecule has 0 bridgehead atoms. The Kier molecular flexibility index (Phi) is 7.43. The maximum atomic E-state index is 11.7. The van der Waals surface area contributed by atoms with E-state index >= 15 is 0 Å². The van der Waals surface area contributed by atoms with Crippen LogP contribution in [-0.2, 0) is 19.1 Å². The summed E-state index contributed by atoms with van der Waals surface area (Å²) in [5.41, 5.74) is 5.01. The molecule has 1 saturated carbocycles. The van der Waals surface area contributed by atoms with Crippen molar-refractivity contribution < 1.29 is 19.1 Å². The highest BCUT2D eigenvalue weighted by molar-refractivity contribution is 7.99. The number of esters is 1. The first kappa shape index (κ1) is 16.8. The molecule has 0 radical (unpaired) electrons. The zero-order valence-corrected chi connectivity index (χ0v) is 12.5. The molecule has 1 fully saturated rings. The number of nitrogens with two attached hydrogens (primary N) is 1. The zero-order valence-electron chi connectivity index (χ0n) is 11.7. The molecule has 0 saturated heterocycles. The summed E-state index contributed by atoms with van der Waals surface area (Å²) in [5, 5.41) is 2.96. The third kappa shape index (κ3) is 6.27. The van der Waals surface area contributed by atoms with Crippen LogP contribution < -0.4 is 11.1 Å². The van der Waals surface area contributed by atoms with Gasteiger partial charge in [-0.05, 0) is 25.7 Å². The summed E-state index contributed by atoms with van der Waals surface area (Å²) in [5.74, 6) is 0.279. The maximum Gasteiger partial charge on any atom is 0.308 e.